The predicted molar refractivity (Wildman–Crippen MR) is 157 cm³/mol. The number of carbonyl (C=O) groups is 1. The molecule has 6 N–H and O–H groups in total. The summed E-state index contributed by atoms with van der Waals surface area (Å²) in [5.41, 5.74) is 7.15. The van der Waals surface area contributed by atoms with Gasteiger partial charge in [-0.2, -0.15) is 0 Å². The van der Waals surface area contributed by atoms with Crippen LogP contribution in [0.5, 0.6) is 5.75 Å². The number of hydrogen-bond acceptors (Lipinski definition) is 6. The lowest BCUT2D eigenvalue weighted by Crippen LogP contribution is -2.41. The molecule has 1 amide bonds. The topological polar surface area (TPSA) is 133 Å². The number of ether oxygens (including phenoxy) is 1. The minimum atomic E-state index is -0.875. The summed E-state index contributed by atoms with van der Waals surface area (Å²) in [5, 5.41) is 41.9. The van der Waals surface area contributed by atoms with Crippen molar-refractivity contribution in [3.63, 3.8) is 0 Å². The molecule has 0 aliphatic carbocycles. The Morgan fingerprint density at radius 1 is 1.00 bits per heavy atom. The highest BCUT2D eigenvalue weighted by Crippen LogP contribution is 2.29. The van der Waals surface area contributed by atoms with E-state index in [0.29, 0.717) is 12.8 Å². The first-order valence-electron chi connectivity index (χ1n) is 13.7. The number of aliphatic hydroxyl groups is 3. The van der Waals surface area contributed by atoms with Crippen LogP contribution in [-0.4, -0.2) is 50.9 Å². The quantitative estimate of drug-likeness (QED) is 0.142. The first kappa shape index (κ1) is 34.2. The average molecular weight is 544 g/mol. The Labute approximate surface area is 234 Å². The Kier molecular flexibility index (Phi) is 14.8. The summed E-state index contributed by atoms with van der Waals surface area (Å²) < 4.78 is 5.36. The number of rotatable bonds is 16. The summed E-state index contributed by atoms with van der Waals surface area (Å²) in [6.07, 6.45) is 8.17. The molecule has 0 heterocycles. The maximum atomic E-state index is 11.5. The molecule has 0 aromatic heterocycles. The smallest absolute Gasteiger partial charge is 0.404 e. The number of primary amides is 1. The van der Waals surface area contributed by atoms with E-state index in [1.54, 1.807) is 36.4 Å². The van der Waals surface area contributed by atoms with Gasteiger partial charge in [0.05, 0.1) is 18.3 Å². The molecule has 218 valence electrons. The van der Waals surface area contributed by atoms with E-state index in [2.05, 4.69) is 6.58 Å². The Morgan fingerprint density at radius 2 is 1.67 bits per heavy atom. The third-order valence-electron chi connectivity index (χ3n) is 7.22. The van der Waals surface area contributed by atoms with Crippen LogP contribution in [0.15, 0.2) is 72.9 Å². The lowest BCUT2D eigenvalue weighted by Gasteiger charge is -2.33. The predicted octanol–water partition coefficient (Wildman–Crippen LogP) is 5.30. The molecule has 0 aliphatic rings. The third kappa shape index (κ3) is 12.2. The van der Waals surface area contributed by atoms with Crippen LogP contribution in [0.2, 0.25) is 0 Å². The molecule has 0 fully saturated rings. The third-order valence-corrected chi connectivity index (χ3v) is 7.22. The maximum absolute atomic E-state index is 11.5. The number of allylic oxidation sites excluding steroid dienone is 3. The van der Waals surface area contributed by atoms with Crippen LogP contribution >= 0.6 is 0 Å². The zero-order valence-corrected chi connectivity index (χ0v) is 24.3. The van der Waals surface area contributed by atoms with Crippen molar-refractivity contribution in [3.05, 3.63) is 78.4 Å². The molecule has 1 rings (SSSR count). The van der Waals surface area contributed by atoms with Gasteiger partial charge in [0.2, 0.25) is 0 Å². The molecule has 0 aliphatic heterocycles. The number of benzene rings is 1. The zero-order chi connectivity index (χ0) is 29.7. The van der Waals surface area contributed by atoms with Crippen LogP contribution in [0.25, 0.3) is 0 Å². The van der Waals surface area contributed by atoms with Crippen molar-refractivity contribution < 1.29 is 30.0 Å². The van der Waals surface area contributed by atoms with Crippen molar-refractivity contribution in [2.45, 2.75) is 78.8 Å². The van der Waals surface area contributed by atoms with Crippen LogP contribution in [-0.2, 0) is 11.2 Å². The molecule has 0 spiro atoms. The number of amides is 1. The number of hydrogen-bond donors (Lipinski definition) is 5. The molecule has 0 radical (unpaired) electrons. The highest BCUT2D eigenvalue weighted by molar-refractivity contribution is 5.64. The van der Waals surface area contributed by atoms with Crippen LogP contribution < -0.4 is 5.73 Å². The molecule has 0 unspecified atom stereocenters. The van der Waals surface area contributed by atoms with Crippen LogP contribution in [0.4, 0.5) is 4.79 Å². The van der Waals surface area contributed by atoms with Gasteiger partial charge in [0.15, 0.2) is 0 Å². The van der Waals surface area contributed by atoms with Crippen molar-refractivity contribution in [2.24, 2.45) is 35.3 Å². The molecule has 0 saturated carbocycles. The van der Waals surface area contributed by atoms with Crippen LogP contribution in [0, 0.1) is 29.6 Å². The van der Waals surface area contributed by atoms with E-state index in [0.717, 1.165) is 11.1 Å². The molecule has 9 atom stereocenters. The summed E-state index contributed by atoms with van der Waals surface area (Å²) in [5.74, 6) is -0.822. The van der Waals surface area contributed by atoms with E-state index < -0.39 is 30.5 Å². The fourth-order valence-corrected chi connectivity index (χ4v) is 5.04. The average Bonchev–Trinajstić information content (AvgIpc) is 2.87. The minimum Gasteiger partial charge on any atom is -0.508 e. The number of nitrogens with two attached hydrogens (primary N) is 1. The van der Waals surface area contributed by atoms with Crippen molar-refractivity contribution in [3.8, 4) is 5.75 Å². The van der Waals surface area contributed by atoms with Gasteiger partial charge in [0.1, 0.15) is 11.9 Å². The molecule has 0 bridgehead atoms. The van der Waals surface area contributed by atoms with Crippen LogP contribution in [0.1, 0.15) is 53.5 Å². The van der Waals surface area contributed by atoms with E-state index in [4.69, 9.17) is 10.5 Å². The lowest BCUT2D eigenvalue weighted by atomic mass is 9.81. The lowest BCUT2D eigenvalue weighted by molar-refractivity contribution is -0.0266. The van der Waals surface area contributed by atoms with E-state index >= 15 is 0 Å². The largest absolute Gasteiger partial charge is 0.508 e. The Hall–Kier alpha value is -2.87. The summed E-state index contributed by atoms with van der Waals surface area (Å²) >= 11 is 0. The van der Waals surface area contributed by atoms with Gasteiger partial charge in [-0.15, -0.1) is 0 Å². The van der Waals surface area contributed by atoms with Gasteiger partial charge < -0.3 is 30.9 Å². The molecular weight excluding hydrogens is 494 g/mol. The number of phenols is 1. The molecule has 0 saturated heterocycles. The first-order valence-corrected chi connectivity index (χ1v) is 13.7. The molecule has 7 heteroatoms. The fraction of sp³-hybridized carbons (Fsp3) is 0.531. The Bertz CT molecular complexity index is 987. The zero-order valence-electron chi connectivity index (χ0n) is 24.3. The van der Waals surface area contributed by atoms with Crippen molar-refractivity contribution in [1.29, 1.82) is 0 Å². The molecule has 39 heavy (non-hydrogen) atoms. The number of carbonyl (C=O) groups excluding carboxylic acids is 1. The molecule has 1 aromatic rings. The molecular formula is C32H49NO6. The van der Waals surface area contributed by atoms with Gasteiger partial charge in [-0.25, -0.2) is 4.79 Å². The maximum Gasteiger partial charge on any atom is 0.404 e. The van der Waals surface area contributed by atoms with Crippen LogP contribution in [0.3, 0.4) is 0 Å². The second-order valence-corrected chi connectivity index (χ2v) is 11.0. The van der Waals surface area contributed by atoms with Crippen molar-refractivity contribution >= 4 is 6.09 Å². The molecule has 1 aromatic carbocycles. The Morgan fingerprint density at radius 3 is 2.26 bits per heavy atom. The highest BCUT2D eigenvalue weighted by atomic mass is 16.6. The van der Waals surface area contributed by atoms with Gasteiger partial charge in [0, 0.05) is 30.1 Å². The van der Waals surface area contributed by atoms with Gasteiger partial charge >= 0.3 is 6.09 Å². The van der Waals surface area contributed by atoms with Gasteiger partial charge in [-0.3, -0.25) is 0 Å². The van der Waals surface area contributed by atoms with E-state index in [9.17, 15) is 25.2 Å². The first-order chi connectivity index (χ1) is 18.3. The minimum absolute atomic E-state index is 0.125. The number of aliphatic hydroxyl groups excluding tert-OH is 3. The monoisotopic (exact) mass is 543 g/mol. The van der Waals surface area contributed by atoms with Gasteiger partial charge in [-0.05, 0) is 37.0 Å². The van der Waals surface area contributed by atoms with E-state index in [1.165, 1.54) is 0 Å². The number of phenolic OH excluding ortho intramolecular Hbond substituents is 1. The highest BCUT2D eigenvalue weighted by Gasteiger charge is 2.33. The van der Waals surface area contributed by atoms with E-state index in [1.807, 2.05) is 65.8 Å². The van der Waals surface area contributed by atoms with Crippen molar-refractivity contribution in [2.75, 3.05) is 0 Å². The fourth-order valence-electron chi connectivity index (χ4n) is 5.04. The Balaban J connectivity index is 2.76. The van der Waals surface area contributed by atoms with E-state index in [-0.39, 0.29) is 35.3 Å². The molecule has 7 nitrogen and oxygen atoms in total. The summed E-state index contributed by atoms with van der Waals surface area (Å²) in [4.78, 5) is 11.5. The van der Waals surface area contributed by atoms with Crippen molar-refractivity contribution in [1.82, 2.24) is 0 Å². The standard InChI is InChI=1S/C32H49NO6/c1-8-9-11-22(4)31(39-32(33)38)25(7)30(37)24(6)17-20(2)16-23(5)29(36)21(3)14-15-28(35)19-26-12-10-13-27(34)18-26/h8-16,18,21-25,28-31,34-37H,1,17,19H2,2-7H3,(H2,33,38)/b11-9-,15-14-,20-16-/t21-,22-,23-,24-,25-,28+,29-,30+,31-/m0/s1. The second kappa shape index (κ2) is 17.0. The normalized spacial score (nSPS) is 19.6. The summed E-state index contributed by atoms with van der Waals surface area (Å²) in [7, 11) is 0. The summed E-state index contributed by atoms with van der Waals surface area (Å²) in [6, 6.07) is 6.78. The second-order valence-electron chi connectivity index (χ2n) is 11.0. The summed E-state index contributed by atoms with van der Waals surface area (Å²) in [6.45, 7) is 15.2. The SMILES string of the molecule is C=C/C=C\[C@H](C)[C@H](OC(N)=O)[C@@H](C)[C@H](O)[C@@H](C)C/C(C)=C\[C@H](C)[C@@H](O)[C@@H](C)/C=C\[C@@H](O)Cc1cccc(O)c1. The van der Waals surface area contributed by atoms with Gasteiger partial charge in [0.25, 0.3) is 0 Å². The number of aromatic hydroxyl groups is 1. The van der Waals surface area contributed by atoms with Gasteiger partial charge in [-0.1, -0.05) is 95.4 Å².